The third kappa shape index (κ3) is 3.17. The van der Waals surface area contributed by atoms with Crippen LogP contribution in [0, 0.1) is 0 Å². The molecule has 1 aromatic carbocycles. The Bertz CT molecular complexity index is 297. The maximum Gasteiger partial charge on any atom is 0.191 e. The Morgan fingerprint density at radius 3 is 2.71 bits per heavy atom. The summed E-state index contributed by atoms with van der Waals surface area (Å²) in [5.41, 5.74) is 1.28. The van der Waals surface area contributed by atoms with E-state index in [1.165, 1.54) is 5.56 Å². The molecule has 0 aliphatic carbocycles. The smallest absolute Gasteiger partial charge is 0.191 e. The lowest BCUT2D eigenvalue weighted by molar-refractivity contribution is 0.867. The number of nitrogens with one attached hydrogen (secondary N) is 2. The largest absolute Gasteiger partial charge is 0.355 e. The van der Waals surface area contributed by atoms with Gasteiger partial charge in [0.2, 0.25) is 0 Å². The third-order valence-electron chi connectivity index (χ3n) is 1.98. The molecule has 1 aliphatic rings. The molecule has 3 nitrogen and oxygen atoms in total. The van der Waals surface area contributed by atoms with Gasteiger partial charge in [0.1, 0.15) is 0 Å². The van der Waals surface area contributed by atoms with E-state index in [4.69, 9.17) is 0 Å². The van der Waals surface area contributed by atoms with Gasteiger partial charge in [-0.05, 0) is 5.56 Å². The zero-order valence-corrected chi connectivity index (χ0v) is 10.2. The molecule has 76 valence electrons. The highest BCUT2D eigenvalue weighted by Gasteiger charge is 2.02. The van der Waals surface area contributed by atoms with Gasteiger partial charge in [-0.15, -0.1) is 24.0 Å². The van der Waals surface area contributed by atoms with E-state index in [9.17, 15) is 0 Å². The van der Waals surface area contributed by atoms with Gasteiger partial charge >= 0.3 is 0 Å². The normalized spacial score (nSPS) is 13.9. The van der Waals surface area contributed by atoms with Crippen LogP contribution in [0.3, 0.4) is 0 Å². The van der Waals surface area contributed by atoms with Gasteiger partial charge in [0.05, 0.1) is 6.54 Å². The number of guanidine groups is 1. The van der Waals surface area contributed by atoms with Crippen LogP contribution in [0.4, 0.5) is 0 Å². The Hall–Kier alpha value is -0.780. The molecule has 0 fully saturated rings. The van der Waals surface area contributed by atoms with Crippen molar-refractivity contribution in [3.8, 4) is 0 Å². The highest BCUT2D eigenvalue weighted by atomic mass is 127. The van der Waals surface area contributed by atoms with Gasteiger partial charge in [-0.25, -0.2) is 0 Å². The van der Waals surface area contributed by atoms with E-state index < -0.39 is 0 Å². The van der Waals surface area contributed by atoms with Crippen molar-refractivity contribution in [1.82, 2.24) is 10.6 Å². The average Bonchev–Trinajstić information content (AvgIpc) is 2.69. The van der Waals surface area contributed by atoms with E-state index in [0.29, 0.717) is 0 Å². The Morgan fingerprint density at radius 2 is 2.07 bits per heavy atom. The molecule has 14 heavy (non-hydrogen) atoms. The number of hydrogen-bond donors (Lipinski definition) is 2. The lowest BCUT2D eigenvalue weighted by Crippen LogP contribution is -2.33. The van der Waals surface area contributed by atoms with Crippen LogP contribution in [0.25, 0.3) is 0 Å². The van der Waals surface area contributed by atoms with Crippen LogP contribution < -0.4 is 10.6 Å². The van der Waals surface area contributed by atoms with Gasteiger partial charge in [-0.2, -0.15) is 0 Å². The van der Waals surface area contributed by atoms with Crippen LogP contribution in [0.1, 0.15) is 5.56 Å². The van der Waals surface area contributed by atoms with Gasteiger partial charge in [-0.3, -0.25) is 4.99 Å². The molecule has 0 aromatic heterocycles. The highest BCUT2D eigenvalue weighted by molar-refractivity contribution is 14.0. The highest BCUT2D eigenvalue weighted by Crippen LogP contribution is 1.97. The Kier molecular flexibility index (Phi) is 4.72. The van der Waals surface area contributed by atoms with Crippen molar-refractivity contribution in [1.29, 1.82) is 0 Å². The van der Waals surface area contributed by atoms with Gasteiger partial charge in [0.25, 0.3) is 0 Å². The molecule has 0 saturated heterocycles. The molecule has 0 atom stereocenters. The number of rotatable bonds is 2. The quantitative estimate of drug-likeness (QED) is 0.809. The van der Waals surface area contributed by atoms with Crippen LogP contribution in [0.5, 0.6) is 0 Å². The summed E-state index contributed by atoms with van der Waals surface area (Å²) in [5, 5.41) is 6.40. The molecule has 4 heteroatoms. The Balaban J connectivity index is 0.000000980. The molecule has 1 heterocycles. The fourth-order valence-electron chi connectivity index (χ4n) is 1.30. The summed E-state index contributed by atoms with van der Waals surface area (Å²) in [6, 6.07) is 10.3. The van der Waals surface area contributed by atoms with Crippen molar-refractivity contribution in [2.45, 2.75) is 6.54 Å². The summed E-state index contributed by atoms with van der Waals surface area (Å²) < 4.78 is 0. The zero-order chi connectivity index (χ0) is 8.93. The van der Waals surface area contributed by atoms with Crippen LogP contribution in [-0.4, -0.2) is 19.0 Å². The van der Waals surface area contributed by atoms with Crippen LogP contribution in [0.15, 0.2) is 35.3 Å². The molecule has 0 unspecified atom stereocenters. The van der Waals surface area contributed by atoms with E-state index in [1.54, 1.807) is 0 Å². The van der Waals surface area contributed by atoms with E-state index in [1.807, 2.05) is 18.2 Å². The molecule has 2 rings (SSSR count). The number of aliphatic imine (C=N–C) groups is 1. The van der Waals surface area contributed by atoms with Crippen molar-refractivity contribution in [2.24, 2.45) is 4.99 Å². The minimum Gasteiger partial charge on any atom is -0.355 e. The summed E-state index contributed by atoms with van der Waals surface area (Å²) in [7, 11) is 0. The molecule has 0 radical (unpaired) electrons. The van der Waals surface area contributed by atoms with Crippen LogP contribution in [0.2, 0.25) is 0 Å². The van der Waals surface area contributed by atoms with Crippen molar-refractivity contribution in [2.75, 3.05) is 13.1 Å². The van der Waals surface area contributed by atoms with Crippen molar-refractivity contribution >= 4 is 29.9 Å². The average molecular weight is 303 g/mol. The summed E-state index contributed by atoms with van der Waals surface area (Å²) in [6.45, 7) is 2.68. The predicted molar refractivity (Wildman–Crippen MR) is 69.0 cm³/mol. The summed E-state index contributed by atoms with van der Waals surface area (Å²) >= 11 is 0. The zero-order valence-electron chi connectivity index (χ0n) is 7.86. The first-order chi connectivity index (χ1) is 6.45. The Labute approximate surface area is 101 Å². The summed E-state index contributed by atoms with van der Waals surface area (Å²) in [6.07, 6.45) is 0. The lowest BCUT2D eigenvalue weighted by atomic mass is 10.2. The SMILES string of the molecule is I.c1ccc(CNC2=NCCN2)cc1. The fraction of sp³-hybridized carbons (Fsp3) is 0.300. The van der Waals surface area contributed by atoms with Gasteiger partial charge in [0, 0.05) is 13.1 Å². The fourth-order valence-corrected chi connectivity index (χ4v) is 1.30. The maximum atomic E-state index is 4.25. The predicted octanol–water partition coefficient (Wildman–Crippen LogP) is 1.35. The minimum atomic E-state index is 0. The molecular formula is C10H14IN3. The molecule has 0 amide bonds. The molecule has 1 aliphatic heterocycles. The summed E-state index contributed by atoms with van der Waals surface area (Å²) in [4.78, 5) is 4.25. The van der Waals surface area contributed by atoms with Crippen LogP contribution >= 0.6 is 24.0 Å². The first-order valence-corrected chi connectivity index (χ1v) is 4.51. The van der Waals surface area contributed by atoms with Gasteiger partial charge in [0.15, 0.2) is 5.96 Å². The second-order valence-electron chi connectivity index (χ2n) is 3.00. The van der Waals surface area contributed by atoms with Crippen LogP contribution in [-0.2, 0) is 6.54 Å². The molecule has 2 N–H and O–H groups in total. The van der Waals surface area contributed by atoms with E-state index in [0.717, 1.165) is 25.6 Å². The standard InChI is InChI=1S/C10H13N3.HI/c1-2-4-9(5-3-1)8-13-10-11-6-7-12-10;/h1-5H,6-8H2,(H2,11,12,13);1H. The van der Waals surface area contributed by atoms with Crippen molar-refractivity contribution < 1.29 is 0 Å². The number of halogens is 1. The Morgan fingerprint density at radius 1 is 1.29 bits per heavy atom. The second-order valence-corrected chi connectivity index (χ2v) is 3.00. The molecule has 0 spiro atoms. The first kappa shape index (κ1) is 11.3. The topological polar surface area (TPSA) is 36.4 Å². The van der Waals surface area contributed by atoms with E-state index in [2.05, 4.69) is 27.8 Å². The second kappa shape index (κ2) is 5.85. The monoisotopic (exact) mass is 303 g/mol. The maximum absolute atomic E-state index is 4.25. The number of hydrogen-bond acceptors (Lipinski definition) is 3. The minimum absolute atomic E-state index is 0. The van der Waals surface area contributed by atoms with Gasteiger partial charge in [-0.1, -0.05) is 30.3 Å². The van der Waals surface area contributed by atoms with E-state index in [-0.39, 0.29) is 24.0 Å². The lowest BCUT2D eigenvalue weighted by Gasteiger charge is -2.05. The number of benzene rings is 1. The molecule has 0 bridgehead atoms. The first-order valence-electron chi connectivity index (χ1n) is 4.51. The molecule has 1 aromatic rings. The number of nitrogens with zero attached hydrogens (tertiary/aromatic N) is 1. The third-order valence-corrected chi connectivity index (χ3v) is 1.98. The van der Waals surface area contributed by atoms with Crippen molar-refractivity contribution in [3.05, 3.63) is 35.9 Å². The summed E-state index contributed by atoms with van der Waals surface area (Å²) in [5.74, 6) is 0.920. The van der Waals surface area contributed by atoms with E-state index >= 15 is 0 Å². The van der Waals surface area contributed by atoms with Crippen molar-refractivity contribution in [3.63, 3.8) is 0 Å². The molecule has 0 saturated carbocycles. The molecular weight excluding hydrogens is 289 g/mol. The van der Waals surface area contributed by atoms with Gasteiger partial charge < -0.3 is 10.6 Å².